The lowest BCUT2D eigenvalue weighted by Gasteiger charge is -2.20. The van der Waals surface area contributed by atoms with Crippen molar-refractivity contribution in [3.63, 3.8) is 0 Å². The fourth-order valence-corrected chi connectivity index (χ4v) is 1.70. The third-order valence-corrected chi connectivity index (χ3v) is 2.59. The summed E-state index contributed by atoms with van der Waals surface area (Å²) < 4.78 is 16.3. The van der Waals surface area contributed by atoms with Crippen LogP contribution in [0.5, 0.6) is 0 Å². The maximum Gasteiger partial charge on any atom is 0.308 e. The summed E-state index contributed by atoms with van der Waals surface area (Å²) in [4.78, 5) is 11.5. The maximum atomic E-state index is 11.5. The molecule has 0 aliphatic heterocycles. The van der Waals surface area contributed by atoms with Crippen LogP contribution in [0.1, 0.15) is 39.7 Å². The van der Waals surface area contributed by atoms with E-state index in [9.17, 15) is 4.79 Å². The molecule has 0 heterocycles. The fraction of sp³-hybridized carbons (Fsp3) is 0.588. The van der Waals surface area contributed by atoms with Crippen LogP contribution < -0.4 is 0 Å². The average molecular weight is 294 g/mol. The highest BCUT2D eigenvalue weighted by atomic mass is 16.6. The molecule has 0 spiro atoms. The minimum Gasteiger partial charge on any atom is -0.460 e. The zero-order valence-corrected chi connectivity index (χ0v) is 13.4. The van der Waals surface area contributed by atoms with Gasteiger partial charge in [-0.1, -0.05) is 30.3 Å². The van der Waals surface area contributed by atoms with Gasteiger partial charge in [0.25, 0.3) is 0 Å². The molecule has 0 amide bonds. The predicted octanol–water partition coefficient (Wildman–Crippen LogP) is 3.34. The molecule has 0 unspecified atom stereocenters. The summed E-state index contributed by atoms with van der Waals surface area (Å²) in [5, 5.41) is 0. The number of hydrogen-bond acceptors (Lipinski definition) is 4. The minimum atomic E-state index is -0.443. The highest BCUT2D eigenvalue weighted by molar-refractivity contribution is 5.69. The summed E-state index contributed by atoms with van der Waals surface area (Å²) in [6.45, 7) is 8.91. The van der Waals surface area contributed by atoms with E-state index in [4.69, 9.17) is 14.2 Å². The van der Waals surface area contributed by atoms with Gasteiger partial charge in [-0.3, -0.25) is 4.79 Å². The standard InChI is InChI=1S/C17H26O4/c1-14(12-19-13-15-8-6-5-7-9-15)20-11-10-16(18)21-17(2,3)4/h5-9,14H,10-13H2,1-4H3/t14-/m0/s1. The highest BCUT2D eigenvalue weighted by Gasteiger charge is 2.16. The molecule has 0 aliphatic carbocycles. The molecule has 0 radical (unpaired) electrons. The van der Waals surface area contributed by atoms with E-state index in [1.807, 2.05) is 58.0 Å². The second-order valence-corrected chi connectivity index (χ2v) is 6.02. The molecule has 1 aromatic carbocycles. The van der Waals surface area contributed by atoms with Gasteiger partial charge in [-0.2, -0.15) is 0 Å². The Morgan fingerprint density at radius 2 is 1.86 bits per heavy atom. The first-order valence-corrected chi connectivity index (χ1v) is 7.32. The summed E-state index contributed by atoms with van der Waals surface area (Å²) in [5.74, 6) is -0.236. The Kier molecular flexibility index (Phi) is 7.40. The van der Waals surface area contributed by atoms with Gasteiger partial charge in [0.2, 0.25) is 0 Å². The quantitative estimate of drug-likeness (QED) is 0.690. The fourth-order valence-electron chi connectivity index (χ4n) is 1.70. The lowest BCUT2D eigenvalue weighted by molar-refractivity contribution is -0.156. The van der Waals surface area contributed by atoms with Gasteiger partial charge < -0.3 is 14.2 Å². The molecule has 0 aliphatic rings. The van der Waals surface area contributed by atoms with Crippen molar-refractivity contribution in [2.45, 2.75) is 52.4 Å². The number of benzene rings is 1. The van der Waals surface area contributed by atoms with Crippen LogP contribution >= 0.6 is 0 Å². The number of ether oxygens (including phenoxy) is 3. The van der Waals surface area contributed by atoms with E-state index in [0.29, 0.717) is 19.8 Å². The lowest BCUT2D eigenvalue weighted by Crippen LogP contribution is -2.25. The lowest BCUT2D eigenvalue weighted by atomic mass is 10.2. The van der Waals surface area contributed by atoms with Crippen LogP contribution in [0, 0.1) is 0 Å². The second kappa shape index (κ2) is 8.80. The van der Waals surface area contributed by atoms with Crippen LogP contribution in [0.2, 0.25) is 0 Å². The van der Waals surface area contributed by atoms with Crippen molar-refractivity contribution >= 4 is 5.97 Å². The molecule has 0 saturated carbocycles. The Hall–Kier alpha value is -1.39. The topological polar surface area (TPSA) is 44.8 Å². The first-order chi connectivity index (χ1) is 9.87. The Morgan fingerprint density at radius 3 is 2.48 bits per heavy atom. The number of esters is 1. The molecule has 0 fully saturated rings. The van der Waals surface area contributed by atoms with Crippen LogP contribution in [-0.4, -0.2) is 30.9 Å². The molecular weight excluding hydrogens is 268 g/mol. The molecule has 0 bridgehead atoms. The van der Waals surface area contributed by atoms with Crippen LogP contribution in [0.3, 0.4) is 0 Å². The third kappa shape index (κ3) is 9.21. The van der Waals surface area contributed by atoms with E-state index in [1.54, 1.807) is 0 Å². The summed E-state index contributed by atoms with van der Waals surface area (Å²) in [7, 11) is 0. The molecule has 1 rings (SSSR count). The molecule has 21 heavy (non-hydrogen) atoms. The number of rotatable bonds is 8. The van der Waals surface area contributed by atoms with E-state index in [2.05, 4.69) is 0 Å². The van der Waals surface area contributed by atoms with Crippen LogP contribution in [0.15, 0.2) is 30.3 Å². The van der Waals surface area contributed by atoms with Crippen molar-refractivity contribution in [2.24, 2.45) is 0 Å². The molecule has 1 aromatic rings. The van der Waals surface area contributed by atoms with Crippen molar-refractivity contribution in [1.29, 1.82) is 0 Å². The van der Waals surface area contributed by atoms with E-state index in [0.717, 1.165) is 5.56 Å². The number of carbonyl (C=O) groups is 1. The molecule has 0 saturated heterocycles. The molecule has 0 aromatic heterocycles. The third-order valence-electron chi connectivity index (χ3n) is 2.59. The van der Waals surface area contributed by atoms with Gasteiger partial charge in [0.1, 0.15) is 5.60 Å². The van der Waals surface area contributed by atoms with E-state index in [1.165, 1.54) is 0 Å². The van der Waals surface area contributed by atoms with E-state index < -0.39 is 5.60 Å². The zero-order valence-electron chi connectivity index (χ0n) is 13.4. The van der Waals surface area contributed by atoms with E-state index in [-0.39, 0.29) is 18.5 Å². The summed E-state index contributed by atoms with van der Waals surface area (Å²) >= 11 is 0. The summed E-state index contributed by atoms with van der Waals surface area (Å²) in [6.07, 6.45) is 0.219. The SMILES string of the molecule is C[C@@H](COCc1ccccc1)OCCC(=O)OC(C)(C)C. The van der Waals surface area contributed by atoms with Crippen LogP contribution in [-0.2, 0) is 25.6 Å². The van der Waals surface area contributed by atoms with Gasteiger partial charge in [0, 0.05) is 0 Å². The Labute approximate surface area is 127 Å². The van der Waals surface area contributed by atoms with Gasteiger partial charge in [-0.05, 0) is 33.3 Å². The summed E-state index contributed by atoms with van der Waals surface area (Å²) in [6, 6.07) is 9.99. The van der Waals surface area contributed by atoms with Crippen molar-refractivity contribution in [3.05, 3.63) is 35.9 Å². The Morgan fingerprint density at radius 1 is 1.19 bits per heavy atom. The van der Waals surface area contributed by atoms with Gasteiger partial charge in [0.15, 0.2) is 0 Å². The monoisotopic (exact) mass is 294 g/mol. The average Bonchev–Trinajstić information content (AvgIpc) is 2.38. The molecular formula is C17H26O4. The normalized spacial score (nSPS) is 13.0. The number of hydrogen-bond donors (Lipinski definition) is 0. The van der Waals surface area contributed by atoms with Crippen molar-refractivity contribution < 1.29 is 19.0 Å². The smallest absolute Gasteiger partial charge is 0.308 e. The van der Waals surface area contributed by atoms with Gasteiger partial charge >= 0.3 is 5.97 Å². The van der Waals surface area contributed by atoms with Crippen molar-refractivity contribution in [2.75, 3.05) is 13.2 Å². The van der Waals surface area contributed by atoms with Crippen molar-refractivity contribution in [1.82, 2.24) is 0 Å². The molecule has 0 N–H and O–H groups in total. The molecule has 118 valence electrons. The van der Waals surface area contributed by atoms with Crippen molar-refractivity contribution in [3.8, 4) is 0 Å². The number of carbonyl (C=O) groups excluding carboxylic acids is 1. The van der Waals surface area contributed by atoms with Gasteiger partial charge in [0.05, 0.1) is 32.3 Å². The van der Waals surface area contributed by atoms with Crippen LogP contribution in [0.25, 0.3) is 0 Å². The predicted molar refractivity (Wildman–Crippen MR) is 82.0 cm³/mol. The molecule has 4 heteroatoms. The minimum absolute atomic E-state index is 0.0452. The first-order valence-electron chi connectivity index (χ1n) is 7.32. The largest absolute Gasteiger partial charge is 0.460 e. The second-order valence-electron chi connectivity index (χ2n) is 6.02. The van der Waals surface area contributed by atoms with Gasteiger partial charge in [-0.15, -0.1) is 0 Å². The van der Waals surface area contributed by atoms with Gasteiger partial charge in [-0.25, -0.2) is 0 Å². The highest BCUT2D eigenvalue weighted by Crippen LogP contribution is 2.08. The Balaban J connectivity index is 2.09. The van der Waals surface area contributed by atoms with E-state index >= 15 is 0 Å². The van der Waals surface area contributed by atoms with Crippen LogP contribution in [0.4, 0.5) is 0 Å². The summed E-state index contributed by atoms with van der Waals surface area (Å²) in [5.41, 5.74) is 0.694. The zero-order chi connectivity index (χ0) is 15.7. The maximum absolute atomic E-state index is 11.5. The molecule has 4 nitrogen and oxygen atoms in total. The first kappa shape index (κ1) is 17.7. The molecule has 1 atom stereocenters. The Bertz CT molecular complexity index is 409.